The maximum atomic E-state index is 10.0. The van der Waals surface area contributed by atoms with Gasteiger partial charge in [-0.1, -0.05) is 13.3 Å². The maximum Gasteiger partial charge on any atom is 0.150 e. The van der Waals surface area contributed by atoms with Crippen molar-refractivity contribution in [3.8, 4) is 0 Å². The minimum absolute atomic E-state index is 0.501. The fourth-order valence-corrected chi connectivity index (χ4v) is 2.15. The number of aromatic nitrogens is 2. The van der Waals surface area contributed by atoms with Crippen LogP contribution < -0.4 is 4.90 Å². The zero-order chi connectivity index (χ0) is 10.9. The number of rotatable bonds is 3. The van der Waals surface area contributed by atoms with Gasteiger partial charge in [0.25, 0.3) is 0 Å². The van der Waals surface area contributed by atoms with Crippen LogP contribution in [0.1, 0.15) is 25.5 Å². The van der Waals surface area contributed by atoms with Gasteiger partial charge in [-0.05, 0) is 13.3 Å². The Morgan fingerprint density at radius 1 is 1.40 bits per heavy atom. The highest BCUT2D eigenvalue weighted by Crippen LogP contribution is 2.30. The van der Waals surface area contributed by atoms with Crippen molar-refractivity contribution in [2.24, 2.45) is 0 Å². The van der Waals surface area contributed by atoms with Crippen LogP contribution in [0.15, 0.2) is 12.4 Å². The van der Waals surface area contributed by atoms with Crippen LogP contribution in [0.2, 0.25) is 0 Å². The molecule has 4 nitrogen and oxygen atoms in total. The molecule has 15 heavy (non-hydrogen) atoms. The minimum Gasteiger partial charge on any atom is -0.386 e. The average molecular weight is 207 g/mol. The van der Waals surface area contributed by atoms with Crippen molar-refractivity contribution < 1.29 is 5.11 Å². The van der Waals surface area contributed by atoms with E-state index in [2.05, 4.69) is 21.8 Å². The standard InChI is InChI=1S/C11H17N3O/c1-3-4-11(15)7-14(8-11)10-9(2)12-5-6-13-10/h5-6,15H,3-4,7-8H2,1-2H3. The summed E-state index contributed by atoms with van der Waals surface area (Å²) in [7, 11) is 0. The summed E-state index contributed by atoms with van der Waals surface area (Å²) in [5.74, 6) is 0.901. The van der Waals surface area contributed by atoms with Gasteiger partial charge in [0.2, 0.25) is 0 Å². The minimum atomic E-state index is -0.501. The highest BCUT2D eigenvalue weighted by molar-refractivity contribution is 5.46. The number of aryl methyl sites for hydroxylation is 1. The first-order valence-electron chi connectivity index (χ1n) is 5.39. The van der Waals surface area contributed by atoms with Crippen LogP contribution in [0.3, 0.4) is 0 Å². The van der Waals surface area contributed by atoms with E-state index in [1.54, 1.807) is 12.4 Å². The van der Waals surface area contributed by atoms with Crippen molar-refractivity contribution in [3.05, 3.63) is 18.1 Å². The van der Waals surface area contributed by atoms with E-state index in [9.17, 15) is 5.11 Å². The molecule has 0 aliphatic carbocycles. The lowest BCUT2D eigenvalue weighted by atomic mass is 9.89. The Bertz CT molecular complexity index is 347. The SMILES string of the molecule is CCCC1(O)CN(c2nccnc2C)C1. The Kier molecular flexibility index (Phi) is 2.61. The number of β-amino-alcohol motifs (C(OH)–C–C–N with tert-alkyl or cyclic N) is 1. The van der Waals surface area contributed by atoms with Crippen molar-refractivity contribution in [1.29, 1.82) is 0 Å². The van der Waals surface area contributed by atoms with E-state index in [1.165, 1.54) is 0 Å². The molecule has 1 saturated heterocycles. The van der Waals surface area contributed by atoms with Gasteiger partial charge in [-0.2, -0.15) is 0 Å². The molecule has 1 aliphatic rings. The molecular formula is C11H17N3O. The van der Waals surface area contributed by atoms with Gasteiger partial charge in [0.15, 0.2) is 0 Å². The van der Waals surface area contributed by atoms with Gasteiger partial charge in [0, 0.05) is 12.4 Å². The Labute approximate surface area is 90.0 Å². The van der Waals surface area contributed by atoms with Gasteiger partial charge in [-0.3, -0.25) is 4.98 Å². The van der Waals surface area contributed by atoms with E-state index in [0.29, 0.717) is 13.1 Å². The topological polar surface area (TPSA) is 49.2 Å². The van der Waals surface area contributed by atoms with E-state index >= 15 is 0 Å². The third-order valence-corrected chi connectivity index (χ3v) is 2.84. The van der Waals surface area contributed by atoms with E-state index in [4.69, 9.17) is 0 Å². The number of nitrogens with zero attached hydrogens (tertiary/aromatic N) is 3. The molecule has 0 atom stereocenters. The second kappa shape index (κ2) is 3.77. The lowest BCUT2D eigenvalue weighted by Crippen LogP contribution is -2.62. The summed E-state index contributed by atoms with van der Waals surface area (Å²) in [6.07, 6.45) is 5.27. The molecule has 2 rings (SSSR count). The first kappa shape index (κ1) is 10.4. The van der Waals surface area contributed by atoms with Crippen LogP contribution in [0.25, 0.3) is 0 Å². The summed E-state index contributed by atoms with van der Waals surface area (Å²) in [4.78, 5) is 10.5. The molecule has 4 heteroatoms. The number of aliphatic hydroxyl groups is 1. The Hall–Kier alpha value is -1.16. The average Bonchev–Trinajstić information content (AvgIpc) is 2.15. The smallest absolute Gasteiger partial charge is 0.150 e. The van der Waals surface area contributed by atoms with Crippen molar-refractivity contribution in [2.45, 2.75) is 32.3 Å². The first-order chi connectivity index (χ1) is 7.14. The van der Waals surface area contributed by atoms with Gasteiger partial charge in [-0.15, -0.1) is 0 Å². The van der Waals surface area contributed by atoms with Crippen LogP contribution in [0, 0.1) is 6.92 Å². The largest absolute Gasteiger partial charge is 0.386 e. The monoisotopic (exact) mass is 207 g/mol. The van der Waals surface area contributed by atoms with Crippen molar-refractivity contribution in [2.75, 3.05) is 18.0 Å². The van der Waals surface area contributed by atoms with Gasteiger partial charge in [0.05, 0.1) is 24.4 Å². The summed E-state index contributed by atoms with van der Waals surface area (Å²) in [6, 6.07) is 0. The molecule has 0 aromatic carbocycles. The lowest BCUT2D eigenvalue weighted by molar-refractivity contribution is 0.00284. The highest BCUT2D eigenvalue weighted by Gasteiger charge is 2.41. The molecule has 0 amide bonds. The molecule has 2 heterocycles. The van der Waals surface area contributed by atoms with Crippen LogP contribution in [0.4, 0.5) is 5.82 Å². The predicted octanol–water partition coefficient (Wildman–Crippen LogP) is 1.14. The zero-order valence-electron chi connectivity index (χ0n) is 9.27. The summed E-state index contributed by atoms with van der Waals surface area (Å²) in [5, 5.41) is 10.0. The molecule has 1 aliphatic heterocycles. The number of anilines is 1. The van der Waals surface area contributed by atoms with Crippen LogP contribution in [-0.2, 0) is 0 Å². The third kappa shape index (κ3) is 1.95. The molecule has 1 N–H and O–H groups in total. The molecule has 0 spiro atoms. The Balaban J connectivity index is 2.03. The number of hydrogen-bond acceptors (Lipinski definition) is 4. The van der Waals surface area contributed by atoms with E-state index < -0.39 is 5.60 Å². The zero-order valence-corrected chi connectivity index (χ0v) is 9.27. The fraction of sp³-hybridized carbons (Fsp3) is 0.636. The number of hydrogen-bond donors (Lipinski definition) is 1. The molecule has 1 aromatic heterocycles. The first-order valence-corrected chi connectivity index (χ1v) is 5.39. The molecule has 0 radical (unpaired) electrons. The van der Waals surface area contributed by atoms with Crippen LogP contribution in [0.5, 0.6) is 0 Å². The predicted molar refractivity (Wildman–Crippen MR) is 58.8 cm³/mol. The quantitative estimate of drug-likeness (QED) is 0.807. The molecule has 0 saturated carbocycles. The van der Waals surface area contributed by atoms with Crippen molar-refractivity contribution in [1.82, 2.24) is 9.97 Å². The van der Waals surface area contributed by atoms with Crippen molar-refractivity contribution >= 4 is 5.82 Å². The molecule has 1 fully saturated rings. The van der Waals surface area contributed by atoms with Gasteiger partial charge >= 0.3 is 0 Å². The van der Waals surface area contributed by atoms with E-state index in [0.717, 1.165) is 24.4 Å². The van der Waals surface area contributed by atoms with Gasteiger partial charge < -0.3 is 10.0 Å². The summed E-state index contributed by atoms with van der Waals surface area (Å²) >= 11 is 0. The van der Waals surface area contributed by atoms with Gasteiger partial charge in [-0.25, -0.2) is 4.98 Å². The fourth-order valence-electron chi connectivity index (χ4n) is 2.15. The second-order valence-electron chi connectivity index (χ2n) is 4.30. The summed E-state index contributed by atoms with van der Waals surface area (Å²) < 4.78 is 0. The van der Waals surface area contributed by atoms with Crippen LogP contribution in [-0.4, -0.2) is 33.8 Å². The Morgan fingerprint density at radius 3 is 2.67 bits per heavy atom. The lowest BCUT2D eigenvalue weighted by Gasteiger charge is -2.47. The second-order valence-corrected chi connectivity index (χ2v) is 4.30. The summed E-state index contributed by atoms with van der Waals surface area (Å²) in [5.41, 5.74) is 0.426. The summed E-state index contributed by atoms with van der Waals surface area (Å²) in [6.45, 7) is 5.40. The normalized spacial score (nSPS) is 18.7. The third-order valence-electron chi connectivity index (χ3n) is 2.84. The molecular weight excluding hydrogens is 190 g/mol. The van der Waals surface area contributed by atoms with Crippen LogP contribution >= 0.6 is 0 Å². The van der Waals surface area contributed by atoms with E-state index in [-0.39, 0.29) is 0 Å². The van der Waals surface area contributed by atoms with E-state index in [1.807, 2.05) is 6.92 Å². The molecule has 1 aromatic rings. The molecule has 0 unspecified atom stereocenters. The Morgan fingerprint density at radius 2 is 2.07 bits per heavy atom. The molecule has 0 bridgehead atoms. The molecule has 82 valence electrons. The highest BCUT2D eigenvalue weighted by atomic mass is 16.3. The van der Waals surface area contributed by atoms with Gasteiger partial charge in [0.1, 0.15) is 5.82 Å². The maximum absolute atomic E-state index is 10.0. The van der Waals surface area contributed by atoms with Crippen molar-refractivity contribution in [3.63, 3.8) is 0 Å².